The van der Waals surface area contributed by atoms with Gasteiger partial charge in [-0.1, -0.05) is 22.5 Å². The molecule has 0 amide bonds. The van der Waals surface area contributed by atoms with Crippen LogP contribution in [0.2, 0.25) is 4.34 Å². The smallest absolute Gasteiger partial charge is 0.147 e. The minimum atomic E-state index is 0.455. The van der Waals surface area contributed by atoms with E-state index in [1.54, 1.807) is 0 Å². The van der Waals surface area contributed by atoms with Gasteiger partial charge in [-0.05, 0) is 33.2 Å². The van der Waals surface area contributed by atoms with E-state index in [2.05, 4.69) is 24.6 Å². The molecule has 0 N–H and O–H groups in total. The molecule has 8 heteroatoms. The molecule has 1 saturated heterocycles. The molecule has 3 rings (SSSR count). The quantitative estimate of drug-likeness (QED) is 0.863. The highest BCUT2D eigenvalue weighted by molar-refractivity contribution is 7.10. The topological polar surface area (TPSA) is 59.7 Å². The lowest BCUT2D eigenvalue weighted by Crippen LogP contribution is -2.42. The molecule has 0 aromatic carbocycles. The number of rotatable bonds is 4. The fraction of sp³-hybridized carbons (Fsp3) is 0.692. The van der Waals surface area contributed by atoms with Gasteiger partial charge in [0.1, 0.15) is 21.7 Å². The van der Waals surface area contributed by atoms with E-state index in [0.717, 1.165) is 37.0 Å². The summed E-state index contributed by atoms with van der Waals surface area (Å²) in [5, 5.41) is 8.61. The molecule has 1 atom stereocenters. The van der Waals surface area contributed by atoms with Gasteiger partial charge in [0.2, 0.25) is 0 Å². The Morgan fingerprint density at radius 1 is 1.33 bits per heavy atom. The zero-order chi connectivity index (χ0) is 14.8. The molecule has 2 aromatic rings. The Morgan fingerprint density at radius 2 is 2.19 bits per heavy atom. The summed E-state index contributed by atoms with van der Waals surface area (Å²) in [4.78, 5) is 6.83. The van der Waals surface area contributed by atoms with Gasteiger partial charge in [-0.2, -0.15) is 5.10 Å². The fourth-order valence-electron chi connectivity index (χ4n) is 2.89. The Bertz CT molecular complexity index is 610. The van der Waals surface area contributed by atoms with Gasteiger partial charge in [-0.3, -0.25) is 4.90 Å². The Morgan fingerprint density at radius 3 is 2.86 bits per heavy atom. The van der Waals surface area contributed by atoms with Crippen LogP contribution < -0.4 is 0 Å². The summed E-state index contributed by atoms with van der Waals surface area (Å²) < 4.78 is 6.63. The van der Waals surface area contributed by atoms with E-state index in [4.69, 9.17) is 11.6 Å². The minimum absolute atomic E-state index is 0.455. The molecule has 1 aliphatic rings. The molecule has 3 heterocycles. The molecule has 0 saturated carbocycles. The van der Waals surface area contributed by atoms with Gasteiger partial charge < -0.3 is 0 Å². The zero-order valence-corrected chi connectivity index (χ0v) is 13.9. The van der Waals surface area contributed by atoms with E-state index in [9.17, 15) is 0 Å². The minimum Gasteiger partial charge on any atom is -0.293 e. The van der Waals surface area contributed by atoms with Crippen LogP contribution in [0.15, 0.2) is 0 Å². The Balaban J connectivity index is 1.72. The van der Waals surface area contributed by atoms with Crippen LogP contribution in [0, 0.1) is 13.8 Å². The third-order valence-corrected chi connectivity index (χ3v) is 4.94. The van der Waals surface area contributed by atoms with E-state index in [1.165, 1.54) is 30.8 Å². The Labute approximate surface area is 133 Å². The largest absolute Gasteiger partial charge is 0.293 e. The molecule has 1 fully saturated rings. The third kappa shape index (κ3) is 3.41. The second-order valence-corrected chi connectivity index (χ2v) is 6.86. The normalized spacial score (nSPS) is 20.0. The molecular weight excluding hydrogens is 308 g/mol. The SMILES string of the molecule is Cc1nc(C)n(C[C@@H]2CCCCN2Cc2nnsc2Cl)n1. The number of hydrogen-bond acceptors (Lipinski definition) is 6. The van der Waals surface area contributed by atoms with Crippen LogP contribution in [0.25, 0.3) is 0 Å². The molecule has 21 heavy (non-hydrogen) atoms. The Hall–Kier alpha value is -1.05. The summed E-state index contributed by atoms with van der Waals surface area (Å²) in [5.74, 6) is 1.81. The maximum Gasteiger partial charge on any atom is 0.147 e. The van der Waals surface area contributed by atoms with Crippen LogP contribution in [0.1, 0.15) is 36.6 Å². The lowest BCUT2D eigenvalue weighted by molar-refractivity contribution is 0.119. The van der Waals surface area contributed by atoms with Crippen molar-refractivity contribution >= 4 is 23.1 Å². The second kappa shape index (κ2) is 6.37. The summed E-state index contributed by atoms with van der Waals surface area (Å²) >= 11 is 7.39. The standard InChI is InChI=1S/C13H19ClN6S/c1-9-15-10(2)20(17-9)7-11-5-3-4-6-19(11)8-12-13(14)21-18-16-12/h11H,3-8H2,1-2H3/t11-/m0/s1. The van der Waals surface area contributed by atoms with E-state index in [0.29, 0.717) is 10.4 Å². The van der Waals surface area contributed by atoms with Gasteiger partial charge in [0.15, 0.2) is 0 Å². The van der Waals surface area contributed by atoms with Crippen molar-refractivity contribution in [2.45, 2.75) is 52.2 Å². The molecule has 114 valence electrons. The van der Waals surface area contributed by atoms with E-state index in [1.807, 2.05) is 18.5 Å². The van der Waals surface area contributed by atoms with Crippen LogP contribution in [0.3, 0.4) is 0 Å². The van der Waals surface area contributed by atoms with Gasteiger partial charge in [0.25, 0.3) is 0 Å². The van der Waals surface area contributed by atoms with Crippen molar-refractivity contribution in [3.05, 3.63) is 21.7 Å². The van der Waals surface area contributed by atoms with Gasteiger partial charge in [0.05, 0.1) is 6.54 Å². The number of aryl methyl sites for hydroxylation is 2. The first-order valence-electron chi connectivity index (χ1n) is 7.22. The van der Waals surface area contributed by atoms with Crippen LogP contribution in [0.4, 0.5) is 0 Å². The maximum absolute atomic E-state index is 6.13. The van der Waals surface area contributed by atoms with Crippen LogP contribution in [0.5, 0.6) is 0 Å². The molecule has 1 aliphatic heterocycles. The van der Waals surface area contributed by atoms with Gasteiger partial charge in [-0.15, -0.1) is 5.10 Å². The van der Waals surface area contributed by atoms with Gasteiger partial charge >= 0.3 is 0 Å². The molecule has 0 bridgehead atoms. The number of piperidine rings is 1. The molecule has 0 aliphatic carbocycles. The third-order valence-electron chi connectivity index (χ3n) is 3.96. The highest BCUT2D eigenvalue weighted by Gasteiger charge is 2.25. The van der Waals surface area contributed by atoms with Crippen molar-refractivity contribution in [2.75, 3.05) is 6.54 Å². The molecule has 2 aromatic heterocycles. The summed E-state index contributed by atoms with van der Waals surface area (Å²) in [5.41, 5.74) is 0.889. The summed E-state index contributed by atoms with van der Waals surface area (Å²) in [6.45, 7) is 6.66. The van der Waals surface area contributed by atoms with Gasteiger partial charge in [-0.25, -0.2) is 9.67 Å². The second-order valence-electron chi connectivity index (χ2n) is 5.50. The highest BCUT2D eigenvalue weighted by atomic mass is 35.5. The molecule has 0 radical (unpaired) electrons. The fourth-order valence-corrected chi connectivity index (χ4v) is 3.50. The predicted octanol–water partition coefficient (Wildman–Crippen LogP) is 2.45. The first-order chi connectivity index (χ1) is 10.1. The first-order valence-corrected chi connectivity index (χ1v) is 8.37. The molecule has 0 spiro atoms. The van der Waals surface area contributed by atoms with Crippen molar-refractivity contribution in [3.8, 4) is 0 Å². The summed E-state index contributed by atoms with van der Waals surface area (Å²) in [6, 6.07) is 0.455. The average Bonchev–Trinajstić information content (AvgIpc) is 2.99. The lowest BCUT2D eigenvalue weighted by atomic mass is 10.0. The number of aromatic nitrogens is 5. The lowest BCUT2D eigenvalue weighted by Gasteiger charge is -2.35. The van der Waals surface area contributed by atoms with Crippen LogP contribution in [-0.2, 0) is 13.1 Å². The van der Waals surface area contributed by atoms with E-state index >= 15 is 0 Å². The predicted molar refractivity (Wildman–Crippen MR) is 82.5 cm³/mol. The van der Waals surface area contributed by atoms with Crippen LogP contribution in [-0.4, -0.2) is 41.8 Å². The maximum atomic E-state index is 6.13. The molecule has 6 nitrogen and oxygen atoms in total. The van der Waals surface area contributed by atoms with Crippen molar-refractivity contribution in [1.82, 2.24) is 29.3 Å². The van der Waals surface area contributed by atoms with Gasteiger partial charge in [0, 0.05) is 24.1 Å². The summed E-state index contributed by atoms with van der Waals surface area (Å²) in [7, 11) is 0. The van der Waals surface area contributed by atoms with Crippen molar-refractivity contribution in [2.24, 2.45) is 0 Å². The number of hydrogen-bond donors (Lipinski definition) is 0. The Kier molecular flexibility index (Phi) is 4.51. The monoisotopic (exact) mass is 326 g/mol. The number of likely N-dealkylation sites (tertiary alicyclic amines) is 1. The molecule has 0 unspecified atom stereocenters. The first kappa shape index (κ1) is 14.9. The molecular formula is C13H19ClN6S. The van der Waals surface area contributed by atoms with Crippen molar-refractivity contribution in [1.29, 1.82) is 0 Å². The highest BCUT2D eigenvalue weighted by Crippen LogP contribution is 2.24. The van der Waals surface area contributed by atoms with E-state index < -0.39 is 0 Å². The zero-order valence-electron chi connectivity index (χ0n) is 12.3. The van der Waals surface area contributed by atoms with Crippen molar-refractivity contribution in [3.63, 3.8) is 0 Å². The van der Waals surface area contributed by atoms with E-state index in [-0.39, 0.29) is 0 Å². The van der Waals surface area contributed by atoms with Crippen LogP contribution >= 0.6 is 23.1 Å². The number of halogens is 1. The summed E-state index contributed by atoms with van der Waals surface area (Å²) in [6.07, 6.45) is 3.66. The number of nitrogens with zero attached hydrogens (tertiary/aromatic N) is 6. The average molecular weight is 327 g/mol. The van der Waals surface area contributed by atoms with Crippen molar-refractivity contribution < 1.29 is 0 Å².